The SMILES string of the molecule is CC1CCCC(C)N1S(=O)(=O)C12C=CC(=CC1)N2. The van der Waals surface area contributed by atoms with E-state index in [0.29, 0.717) is 6.42 Å². The van der Waals surface area contributed by atoms with E-state index < -0.39 is 14.9 Å². The lowest BCUT2D eigenvalue weighted by Gasteiger charge is -2.42. The van der Waals surface area contributed by atoms with E-state index in [4.69, 9.17) is 0 Å². The molecule has 3 unspecified atom stereocenters. The second-order valence-corrected chi connectivity index (χ2v) is 7.78. The zero-order valence-corrected chi connectivity index (χ0v) is 11.7. The Morgan fingerprint density at radius 3 is 2.44 bits per heavy atom. The molecule has 5 heteroatoms. The molecule has 100 valence electrons. The summed E-state index contributed by atoms with van der Waals surface area (Å²) in [6.07, 6.45) is 9.25. The van der Waals surface area contributed by atoms with Gasteiger partial charge in [0.25, 0.3) is 0 Å². The van der Waals surface area contributed by atoms with E-state index in [1.54, 1.807) is 4.31 Å². The Balaban J connectivity index is 1.97. The average Bonchev–Trinajstić information content (AvgIpc) is 2.89. The van der Waals surface area contributed by atoms with Crippen LogP contribution < -0.4 is 5.32 Å². The number of allylic oxidation sites excluding steroid dienone is 1. The van der Waals surface area contributed by atoms with Gasteiger partial charge in [0.2, 0.25) is 10.0 Å². The molecular weight excluding hydrogens is 248 g/mol. The van der Waals surface area contributed by atoms with Crippen molar-refractivity contribution in [1.29, 1.82) is 0 Å². The van der Waals surface area contributed by atoms with Crippen LogP contribution in [-0.4, -0.2) is 29.7 Å². The summed E-state index contributed by atoms with van der Waals surface area (Å²) in [5, 5.41) is 3.14. The second kappa shape index (κ2) is 3.84. The molecule has 3 atom stereocenters. The fourth-order valence-electron chi connectivity index (χ4n) is 3.37. The standard InChI is InChI=1S/C13H20N2O2S/c1-10-4-3-5-11(2)15(10)18(16,17)13-8-6-12(14-13)7-9-13/h6-8,10-11,14H,3-5,9H2,1-2H3. The molecule has 3 rings (SSSR count). The first-order valence-corrected chi connectivity index (χ1v) is 8.11. The highest BCUT2D eigenvalue weighted by atomic mass is 32.2. The normalized spacial score (nSPS) is 39.8. The summed E-state index contributed by atoms with van der Waals surface area (Å²) in [4.78, 5) is -0.901. The van der Waals surface area contributed by atoms with Crippen LogP contribution in [-0.2, 0) is 10.0 Å². The quantitative estimate of drug-likeness (QED) is 0.829. The second-order valence-electron chi connectivity index (χ2n) is 5.68. The van der Waals surface area contributed by atoms with Crippen molar-refractivity contribution < 1.29 is 8.42 Å². The van der Waals surface area contributed by atoms with Gasteiger partial charge in [0.1, 0.15) is 0 Å². The fourth-order valence-corrected chi connectivity index (χ4v) is 5.68. The van der Waals surface area contributed by atoms with Crippen LogP contribution >= 0.6 is 0 Å². The third kappa shape index (κ3) is 1.50. The Kier molecular flexibility index (Phi) is 2.61. The van der Waals surface area contributed by atoms with Gasteiger partial charge in [-0.05, 0) is 38.8 Å². The summed E-state index contributed by atoms with van der Waals surface area (Å²) in [7, 11) is -3.35. The summed E-state index contributed by atoms with van der Waals surface area (Å²) in [6, 6.07) is 0.209. The van der Waals surface area contributed by atoms with Gasteiger partial charge in [0.15, 0.2) is 4.87 Å². The highest BCUT2D eigenvalue weighted by Crippen LogP contribution is 2.39. The molecule has 0 aromatic carbocycles. The lowest BCUT2D eigenvalue weighted by Crippen LogP contribution is -2.58. The summed E-state index contributed by atoms with van der Waals surface area (Å²) in [6.45, 7) is 4.04. The molecule has 3 aliphatic rings. The summed E-state index contributed by atoms with van der Waals surface area (Å²) < 4.78 is 27.7. The summed E-state index contributed by atoms with van der Waals surface area (Å²) in [5.41, 5.74) is 0.941. The molecular formula is C13H20N2O2S. The number of hydrogen-bond acceptors (Lipinski definition) is 3. The van der Waals surface area contributed by atoms with Gasteiger partial charge < -0.3 is 5.32 Å². The van der Waals surface area contributed by atoms with Crippen molar-refractivity contribution >= 4 is 10.0 Å². The molecule has 4 nitrogen and oxygen atoms in total. The van der Waals surface area contributed by atoms with Crippen molar-refractivity contribution in [3.05, 3.63) is 23.9 Å². The zero-order chi connectivity index (χ0) is 13.0. The van der Waals surface area contributed by atoms with Gasteiger partial charge in [-0.25, -0.2) is 8.42 Å². The maximum atomic E-state index is 13.0. The monoisotopic (exact) mass is 268 g/mol. The number of rotatable bonds is 2. The summed E-state index contributed by atoms with van der Waals surface area (Å²) >= 11 is 0. The van der Waals surface area contributed by atoms with E-state index >= 15 is 0 Å². The molecule has 0 amide bonds. The first-order valence-electron chi connectivity index (χ1n) is 6.67. The van der Waals surface area contributed by atoms with Crippen LogP contribution in [0, 0.1) is 0 Å². The molecule has 1 fully saturated rings. The van der Waals surface area contributed by atoms with E-state index in [2.05, 4.69) is 5.32 Å². The van der Waals surface area contributed by atoms with Crippen LogP contribution in [0.4, 0.5) is 0 Å². The number of sulfonamides is 1. The van der Waals surface area contributed by atoms with E-state index in [1.807, 2.05) is 32.1 Å². The lowest BCUT2D eigenvalue weighted by atomic mass is 10.0. The van der Waals surface area contributed by atoms with Crippen LogP contribution in [0.5, 0.6) is 0 Å². The topological polar surface area (TPSA) is 49.4 Å². The molecule has 0 saturated carbocycles. The molecule has 0 aliphatic carbocycles. The number of nitrogens with one attached hydrogen (secondary N) is 1. The lowest BCUT2D eigenvalue weighted by molar-refractivity contribution is 0.199. The van der Waals surface area contributed by atoms with E-state index in [0.717, 1.165) is 25.0 Å². The third-order valence-electron chi connectivity index (χ3n) is 4.36. The maximum absolute atomic E-state index is 13.0. The zero-order valence-electron chi connectivity index (χ0n) is 10.9. The third-order valence-corrected chi connectivity index (χ3v) is 6.96. The smallest absolute Gasteiger partial charge is 0.242 e. The fraction of sp³-hybridized carbons (Fsp3) is 0.692. The van der Waals surface area contributed by atoms with Crippen molar-refractivity contribution in [2.24, 2.45) is 0 Å². The predicted octanol–water partition coefficient (Wildman–Crippen LogP) is 1.72. The van der Waals surface area contributed by atoms with Gasteiger partial charge in [-0.3, -0.25) is 0 Å². The van der Waals surface area contributed by atoms with Gasteiger partial charge in [0, 0.05) is 24.2 Å². The van der Waals surface area contributed by atoms with Gasteiger partial charge in [0.05, 0.1) is 0 Å². The average molecular weight is 268 g/mol. The number of fused-ring (bicyclic) bond motifs is 2. The largest absolute Gasteiger partial charge is 0.362 e. The maximum Gasteiger partial charge on any atom is 0.242 e. The van der Waals surface area contributed by atoms with Crippen molar-refractivity contribution in [3.63, 3.8) is 0 Å². The van der Waals surface area contributed by atoms with Gasteiger partial charge in [-0.15, -0.1) is 0 Å². The minimum atomic E-state index is -3.35. The van der Waals surface area contributed by atoms with E-state index in [-0.39, 0.29) is 12.1 Å². The highest BCUT2D eigenvalue weighted by molar-refractivity contribution is 7.90. The van der Waals surface area contributed by atoms with Crippen LogP contribution in [0.2, 0.25) is 0 Å². The number of nitrogens with zero attached hydrogens (tertiary/aromatic N) is 1. The molecule has 0 spiro atoms. The molecule has 18 heavy (non-hydrogen) atoms. The van der Waals surface area contributed by atoms with Gasteiger partial charge in [-0.1, -0.05) is 12.5 Å². The molecule has 1 saturated heterocycles. The summed E-state index contributed by atoms with van der Waals surface area (Å²) in [5.74, 6) is 0. The number of piperidine rings is 1. The Labute approximate surface area is 109 Å². The first-order chi connectivity index (χ1) is 8.46. The van der Waals surface area contributed by atoms with Crippen molar-refractivity contribution in [3.8, 4) is 0 Å². The minimum Gasteiger partial charge on any atom is -0.362 e. The van der Waals surface area contributed by atoms with Crippen LogP contribution in [0.3, 0.4) is 0 Å². The van der Waals surface area contributed by atoms with Crippen LogP contribution in [0.15, 0.2) is 23.9 Å². The number of hydrogen-bond donors (Lipinski definition) is 1. The van der Waals surface area contributed by atoms with Crippen molar-refractivity contribution in [2.75, 3.05) is 0 Å². The van der Waals surface area contributed by atoms with E-state index in [1.165, 1.54) is 0 Å². The van der Waals surface area contributed by atoms with Gasteiger partial charge in [-0.2, -0.15) is 4.31 Å². The molecule has 1 N–H and O–H groups in total. The van der Waals surface area contributed by atoms with Gasteiger partial charge >= 0.3 is 0 Å². The predicted molar refractivity (Wildman–Crippen MR) is 71.2 cm³/mol. The molecule has 0 radical (unpaired) electrons. The first kappa shape index (κ1) is 12.2. The van der Waals surface area contributed by atoms with Crippen LogP contribution in [0.1, 0.15) is 39.5 Å². The Hall–Kier alpha value is -0.810. The minimum absolute atomic E-state index is 0.105. The van der Waals surface area contributed by atoms with Crippen molar-refractivity contribution in [1.82, 2.24) is 9.62 Å². The Morgan fingerprint density at radius 1 is 1.33 bits per heavy atom. The Morgan fingerprint density at radius 2 is 2.00 bits per heavy atom. The molecule has 0 aromatic heterocycles. The molecule has 0 aromatic rings. The van der Waals surface area contributed by atoms with E-state index in [9.17, 15) is 8.42 Å². The molecule has 3 aliphatic heterocycles. The highest BCUT2D eigenvalue weighted by Gasteiger charge is 2.52. The molecule has 2 bridgehead atoms. The molecule has 3 heterocycles. The Bertz CT molecular complexity index is 513. The van der Waals surface area contributed by atoms with Crippen LogP contribution in [0.25, 0.3) is 0 Å². The van der Waals surface area contributed by atoms with Crippen molar-refractivity contribution in [2.45, 2.75) is 56.5 Å².